The zero-order chi connectivity index (χ0) is 17.8. The minimum absolute atomic E-state index is 0.0309. The first kappa shape index (κ1) is 17.6. The average molecular weight is 435 g/mol. The van der Waals surface area contributed by atoms with E-state index in [1.807, 2.05) is 19.9 Å². The lowest BCUT2D eigenvalue weighted by Crippen LogP contribution is -2.42. The Morgan fingerprint density at radius 1 is 1.38 bits per heavy atom. The van der Waals surface area contributed by atoms with Crippen LogP contribution in [-0.2, 0) is 17.1 Å². The van der Waals surface area contributed by atoms with Crippen LogP contribution < -0.4 is 9.04 Å². The van der Waals surface area contributed by atoms with E-state index in [0.29, 0.717) is 17.1 Å². The Morgan fingerprint density at radius 3 is 2.62 bits per heavy atom. The Kier molecular flexibility index (Phi) is 4.34. The second-order valence-corrected chi connectivity index (χ2v) is 8.87. The van der Waals surface area contributed by atoms with Gasteiger partial charge in [-0.05, 0) is 38.5 Å². The quantitative estimate of drug-likeness (QED) is 0.726. The molecule has 9 heteroatoms. The van der Waals surface area contributed by atoms with Gasteiger partial charge in [0.25, 0.3) is 10.0 Å². The number of hydrogen-bond acceptors (Lipinski definition) is 4. The SMILES string of the molecule is Cc1cc2c(cc1Br)N(S(=O)(=O)c1c(C)nn(C)c1Cl)CC(C)O2. The van der Waals surface area contributed by atoms with Crippen molar-refractivity contribution >= 4 is 43.2 Å². The van der Waals surface area contributed by atoms with E-state index < -0.39 is 10.0 Å². The summed E-state index contributed by atoms with van der Waals surface area (Å²) in [5.74, 6) is 0.538. The standard InChI is InChI=1S/C15H17BrClN3O3S/c1-8-5-13-12(6-11(8)16)20(7-9(2)23-13)24(21,22)14-10(3)18-19(4)15(14)17/h5-6,9H,7H2,1-4H3. The van der Waals surface area contributed by atoms with Crippen LogP contribution >= 0.6 is 27.5 Å². The molecule has 1 aliphatic heterocycles. The number of nitrogens with zero attached hydrogens (tertiary/aromatic N) is 3. The van der Waals surface area contributed by atoms with Gasteiger partial charge >= 0.3 is 0 Å². The molecule has 0 spiro atoms. The van der Waals surface area contributed by atoms with E-state index in [0.717, 1.165) is 10.0 Å². The van der Waals surface area contributed by atoms with Gasteiger partial charge in [-0.2, -0.15) is 5.10 Å². The first-order valence-electron chi connectivity index (χ1n) is 7.31. The van der Waals surface area contributed by atoms with Gasteiger partial charge in [0.1, 0.15) is 21.9 Å². The lowest BCUT2D eigenvalue weighted by Gasteiger charge is -2.34. The summed E-state index contributed by atoms with van der Waals surface area (Å²) >= 11 is 9.65. The Morgan fingerprint density at radius 2 is 2.04 bits per heavy atom. The molecule has 0 saturated carbocycles. The maximum absolute atomic E-state index is 13.3. The number of benzene rings is 1. The van der Waals surface area contributed by atoms with Crippen molar-refractivity contribution in [3.05, 3.63) is 33.0 Å². The lowest BCUT2D eigenvalue weighted by molar-refractivity contribution is 0.219. The van der Waals surface area contributed by atoms with E-state index in [2.05, 4.69) is 21.0 Å². The van der Waals surface area contributed by atoms with E-state index in [1.54, 1.807) is 20.0 Å². The van der Waals surface area contributed by atoms with Gasteiger partial charge in [0.05, 0.1) is 17.9 Å². The molecule has 1 aromatic carbocycles. The van der Waals surface area contributed by atoms with E-state index in [9.17, 15) is 8.42 Å². The predicted octanol–water partition coefficient (Wildman–Crippen LogP) is 3.43. The minimum atomic E-state index is -3.86. The number of anilines is 1. The highest BCUT2D eigenvalue weighted by Crippen LogP contribution is 2.41. The van der Waals surface area contributed by atoms with Crippen LogP contribution in [0.5, 0.6) is 5.75 Å². The third-order valence-corrected chi connectivity index (χ3v) is 7.24. The van der Waals surface area contributed by atoms with Crippen molar-refractivity contribution in [3.8, 4) is 5.75 Å². The smallest absolute Gasteiger partial charge is 0.269 e. The number of halogens is 2. The van der Waals surface area contributed by atoms with Crippen LogP contribution in [0.15, 0.2) is 21.5 Å². The molecule has 6 nitrogen and oxygen atoms in total. The summed E-state index contributed by atoms with van der Waals surface area (Å²) < 4.78 is 35.9. The Bertz CT molecular complexity index is 927. The molecule has 0 saturated heterocycles. The highest BCUT2D eigenvalue weighted by Gasteiger charge is 2.37. The summed E-state index contributed by atoms with van der Waals surface area (Å²) in [5, 5.41) is 4.21. The topological polar surface area (TPSA) is 64.4 Å². The molecule has 3 rings (SSSR count). The number of aromatic nitrogens is 2. The van der Waals surface area contributed by atoms with Crippen molar-refractivity contribution in [2.24, 2.45) is 7.05 Å². The Labute approximate surface area is 154 Å². The molecule has 1 aliphatic rings. The Hall–Kier alpha value is -1.25. The molecule has 0 amide bonds. The average Bonchev–Trinajstić information content (AvgIpc) is 2.73. The molecule has 2 aromatic rings. The van der Waals surface area contributed by atoms with Crippen LogP contribution in [0.25, 0.3) is 0 Å². The molecule has 1 atom stereocenters. The maximum atomic E-state index is 13.3. The molecule has 1 unspecified atom stereocenters. The zero-order valence-corrected chi connectivity index (χ0v) is 16.8. The molecule has 24 heavy (non-hydrogen) atoms. The fourth-order valence-corrected chi connectivity index (χ4v) is 5.35. The highest BCUT2D eigenvalue weighted by molar-refractivity contribution is 9.10. The molecule has 130 valence electrons. The van der Waals surface area contributed by atoms with Crippen LogP contribution in [-0.4, -0.2) is 30.8 Å². The van der Waals surface area contributed by atoms with Gasteiger partial charge in [-0.3, -0.25) is 8.99 Å². The molecular formula is C15H17BrClN3O3S. The van der Waals surface area contributed by atoms with Crippen molar-refractivity contribution in [2.75, 3.05) is 10.8 Å². The second kappa shape index (κ2) is 5.93. The van der Waals surface area contributed by atoms with E-state index in [4.69, 9.17) is 16.3 Å². The monoisotopic (exact) mass is 433 g/mol. The van der Waals surface area contributed by atoms with Crippen LogP contribution in [0.1, 0.15) is 18.2 Å². The van der Waals surface area contributed by atoms with Gasteiger partial charge in [-0.25, -0.2) is 8.42 Å². The predicted molar refractivity (Wildman–Crippen MR) is 96.5 cm³/mol. The molecule has 2 heterocycles. The van der Waals surface area contributed by atoms with E-state index >= 15 is 0 Å². The van der Waals surface area contributed by atoms with E-state index in [-0.39, 0.29) is 22.7 Å². The van der Waals surface area contributed by atoms with Crippen LogP contribution in [0.4, 0.5) is 5.69 Å². The zero-order valence-electron chi connectivity index (χ0n) is 13.7. The van der Waals surface area contributed by atoms with Crippen molar-refractivity contribution in [3.63, 3.8) is 0 Å². The molecule has 0 radical (unpaired) electrons. The number of ether oxygens (including phenoxy) is 1. The molecule has 0 aliphatic carbocycles. The van der Waals surface area contributed by atoms with Gasteiger partial charge in [-0.15, -0.1) is 0 Å². The number of sulfonamides is 1. The first-order chi connectivity index (χ1) is 11.1. The van der Waals surface area contributed by atoms with Gasteiger partial charge in [0.15, 0.2) is 0 Å². The van der Waals surface area contributed by atoms with E-state index in [1.165, 1.54) is 8.99 Å². The van der Waals surface area contributed by atoms with Gasteiger partial charge in [0, 0.05) is 11.5 Å². The summed E-state index contributed by atoms with van der Waals surface area (Å²) in [6.07, 6.45) is -0.274. The third kappa shape index (κ3) is 2.70. The summed E-state index contributed by atoms with van der Waals surface area (Å²) in [4.78, 5) is 0.0309. The van der Waals surface area contributed by atoms with Crippen LogP contribution in [0, 0.1) is 13.8 Å². The number of aryl methyl sites for hydroxylation is 3. The van der Waals surface area contributed by atoms with Crippen molar-refractivity contribution < 1.29 is 13.2 Å². The molecular weight excluding hydrogens is 418 g/mol. The first-order valence-corrected chi connectivity index (χ1v) is 9.92. The van der Waals surface area contributed by atoms with Gasteiger partial charge in [0.2, 0.25) is 0 Å². The molecule has 0 fully saturated rings. The normalized spacial score (nSPS) is 17.6. The second-order valence-electron chi connectivity index (χ2n) is 5.86. The summed E-state index contributed by atoms with van der Waals surface area (Å²) in [5.41, 5.74) is 1.83. The fourth-order valence-electron chi connectivity index (χ4n) is 2.76. The van der Waals surface area contributed by atoms with Gasteiger partial charge < -0.3 is 4.74 Å². The number of fused-ring (bicyclic) bond motifs is 1. The molecule has 0 N–H and O–H groups in total. The number of hydrogen-bond donors (Lipinski definition) is 0. The molecule has 1 aromatic heterocycles. The molecule has 0 bridgehead atoms. The summed E-state index contributed by atoms with van der Waals surface area (Å²) in [6, 6.07) is 3.59. The van der Waals surface area contributed by atoms with Crippen LogP contribution in [0.3, 0.4) is 0 Å². The lowest BCUT2D eigenvalue weighted by atomic mass is 10.2. The highest BCUT2D eigenvalue weighted by atomic mass is 79.9. The fraction of sp³-hybridized carbons (Fsp3) is 0.400. The van der Waals surface area contributed by atoms with Crippen molar-refractivity contribution in [1.29, 1.82) is 0 Å². The van der Waals surface area contributed by atoms with Crippen molar-refractivity contribution in [2.45, 2.75) is 31.8 Å². The summed E-state index contributed by atoms with van der Waals surface area (Å²) in [7, 11) is -2.25. The minimum Gasteiger partial charge on any atom is -0.487 e. The maximum Gasteiger partial charge on any atom is 0.269 e. The van der Waals surface area contributed by atoms with Crippen molar-refractivity contribution in [1.82, 2.24) is 9.78 Å². The van der Waals surface area contributed by atoms with Gasteiger partial charge in [-0.1, -0.05) is 27.5 Å². The largest absolute Gasteiger partial charge is 0.487 e. The third-order valence-electron chi connectivity index (χ3n) is 3.91. The summed E-state index contributed by atoms with van der Waals surface area (Å²) in [6.45, 7) is 5.60. The van der Waals surface area contributed by atoms with Crippen LogP contribution in [0.2, 0.25) is 5.15 Å². The Balaban J connectivity index is 2.21. The number of rotatable bonds is 2.